The van der Waals surface area contributed by atoms with E-state index in [1.165, 1.54) is 24.5 Å². The molecule has 8 nitrogen and oxygen atoms in total. The molecule has 0 saturated heterocycles. The molecule has 0 radical (unpaired) electrons. The Labute approximate surface area is 143 Å². The van der Waals surface area contributed by atoms with Gasteiger partial charge in [0, 0.05) is 12.1 Å². The van der Waals surface area contributed by atoms with Gasteiger partial charge in [-0.3, -0.25) is 14.9 Å². The molecule has 0 spiro atoms. The Morgan fingerprint density at radius 3 is 2.68 bits per heavy atom. The Bertz CT molecular complexity index is 824. The van der Waals surface area contributed by atoms with Gasteiger partial charge in [-0.1, -0.05) is 0 Å². The Balaban J connectivity index is 1.95. The van der Waals surface area contributed by atoms with Crippen LogP contribution in [0.3, 0.4) is 0 Å². The first kappa shape index (κ1) is 17.9. The van der Waals surface area contributed by atoms with Gasteiger partial charge in [-0.2, -0.15) is 0 Å². The van der Waals surface area contributed by atoms with Crippen molar-refractivity contribution in [1.82, 2.24) is 0 Å². The molecule has 0 bridgehead atoms. The molecular weight excluding hydrogens is 328 g/mol. The Morgan fingerprint density at radius 2 is 2.04 bits per heavy atom. The maximum Gasteiger partial charge on any atom is 0.331 e. The quantitative estimate of drug-likeness (QED) is 0.373. The second kappa shape index (κ2) is 7.91. The first-order valence-electron chi connectivity index (χ1n) is 7.30. The molecule has 0 aliphatic rings. The number of nitrogens with one attached hydrogen (secondary N) is 1. The summed E-state index contributed by atoms with van der Waals surface area (Å²) in [6, 6.07) is 6.19. The molecule has 0 fully saturated rings. The number of ether oxygens (including phenoxy) is 1. The van der Waals surface area contributed by atoms with E-state index < -0.39 is 23.4 Å². The predicted octanol–water partition coefficient (Wildman–Crippen LogP) is 3.00. The molecule has 1 heterocycles. The molecule has 0 aliphatic heterocycles. The Morgan fingerprint density at radius 1 is 1.32 bits per heavy atom. The predicted molar refractivity (Wildman–Crippen MR) is 89.9 cm³/mol. The maximum atomic E-state index is 11.9. The molecule has 1 amide bonds. The monoisotopic (exact) mass is 344 g/mol. The van der Waals surface area contributed by atoms with Gasteiger partial charge in [0.15, 0.2) is 6.61 Å². The smallest absolute Gasteiger partial charge is 0.331 e. The molecule has 1 aromatic heterocycles. The zero-order chi connectivity index (χ0) is 18.4. The average molecular weight is 344 g/mol. The second-order valence-electron chi connectivity index (χ2n) is 5.22. The van der Waals surface area contributed by atoms with Crippen LogP contribution in [0.25, 0.3) is 6.08 Å². The molecule has 130 valence electrons. The van der Waals surface area contributed by atoms with Crippen molar-refractivity contribution >= 4 is 29.3 Å². The van der Waals surface area contributed by atoms with Gasteiger partial charge in [0.2, 0.25) is 0 Å². The summed E-state index contributed by atoms with van der Waals surface area (Å²) in [7, 11) is 0. The molecule has 1 N–H and O–H groups in total. The van der Waals surface area contributed by atoms with Gasteiger partial charge in [-0.15, -0.1) is 0 Å². The highest BCUT2D eigenvalue weighted by Crippen LogP contribution is 2.27. The van der Waals surface area contributed by atoms with E-state index in [-0.39, 0.29) is 11.4 Å². The highest BCUT2D eigenvalue weighted by Gasteiger charge is 2.18. The highest BCUT2D eigenvalue weighted by molar-refractivity contribution is 5.96. The fourth-order valence-electron chi connectivity index (χ4n) is 1.96. The topological polar surface area (TPSA) is 112 Å². The Hall–Kier alpha value is -3.42. The number of anilines is 1. The van der Waals surface area contributed by atoms with Crippen molar-refractivity contribution in [2.45, 2.75) is 13.8 Å². The normalized spacial score (nSPS) is 10.6. The van der Waals surface area contributed by atoms with Crippen LogP contribution in [0.5, 0.6) is 0 Å². The van der Waals surface area contributed by atoms with E-state index in [2.05, 4.69) is 5.32 Å². The van der Waals surface area contributed by atoms with E-state index in [1.807, 2.05) is 0 Å². The third-order valence-electron chi connectivity index (χ3n) is 3.36. The van der Waals surface area contributed by atoms with Crippen LogP contribution in [0, 0.1) is 24.0 Å². The van der Waals surface area contributed by atoms with E-state index >= 15 is 0 Å². The van der Waals surface area contributed by atoms with Gasteiger partial charge in [-0.25, -0.2) is 4.79 Å². The number of carbonyl (C=O) groups excluding carboxylic acids is 2. The van der Waals surface area contributed by atoms with Gasteiger partial charge in [0.1, 0.15) is 11.4 Å². The lowest BCUT2D eigenvalue weighted by Crippen LogP contribution is -2.20. The number of hydrogen-bond donors (Lipinski definition) is 1. The van der Waals surface area contributed by atoms with E-state index in [1.54, 1.807) is 26.0 Å². The number of nitro groups is 1. The molecule has 0 atom stereocenters. The zero-order valence-electron chi connectivity index (χ0n) is 13.6. The zero-order valence-corrected chi connectivity index (χ0v) is 13.6. The summed E-state index contributed by atoms with van der Waals surface area (Å²) in [4.78, 5) is 33.9. The number of carbonyl (C=O) groups is 2. The molecule has 0 saturated carbocycles. The van der Waals surface area contributed by atoms with Crippen LogP contribution in [0.1, 0.15) is 16.9 Å². The number of amides is 1. The minimum Gasteiger partial charge on any atom is -0.465 e. The number of benzene rings is 1. The number of hydrogen-bond acceptors (Lipinski definition) is 6. The third-order valence-corrected chi connectivity index (χ3v) is 3.36. The van der Waals surface area contributed by atoms with Crippen LogP contribution in [0.2, 0.25) is 0 Å². The van der Waals surface area contributed by atoms with E-state index in [0.29, 0.717) is 5.76 Å². The van der Waals surface area contributed by atoms with Crippen molar-refractivity contribution in [2.75, 3.05) is 11.9 Å². The van der Waals surface area contributed by atoms with Gasteiger partial charge in [0.05, 0.1) is 11.2 Å². The van der Waals surface area contributed by atoms with E-state index in [4.69, 9.17) is 9.15 Å². The lowest BCUT2D eigenvalue weighted by molar-refractivity contribution is -0.384. The molecule has 2 aromatic rings. The summed E-state index contributed by atoms with van der Waals surface area (Å²) in [6.07, 6.45) is 3.97. The summed E-state index contributed by atoms with van der Waals surface area (Å²) in [5, 5.41) is 13.5. The van der Waals surface area contributed by atoms with E-state index in [9.17, 15) is 19.7 Å². The van der Waals surface area contributed by atoms with Crippen LogP contribution >= 0.6 is 0 Å². The fraction of sp³-hybridized carbons (Fsp3) is 0.176. The van der Waals surface area contributed by atoms with Crippen LogP contribution in [0.15, 0.2) is 41.0 Å². The number of esters is 1. The number of furan rings is 1. The van der Waals surface area contributed by atoms with Gasteiger partial charge >= 0.3 is 5.97 Å². The third kappa shape index (κ3) is 5.03. The number of rotatable bonds is 6. The van der Waals surface area contributed by atoms with Crippen molar-refractivity contribution in [3.05, 3.63) is 63.6 Å². The summed E-state index contributed by atoms with van der Waals surface area (Å²) < 4.78 is 9.79. The van der Waals surface area contributed by atoms with Crippen molar-refractivity contribution in [1.29, 1.82) is 0 Å². The first-order valence-corrected chi connectivity index (χ1v) is 7.30. The van der Waals surface area contributed by atoms with Crippen molar-refractivity contribution < 1.29 is 23.7 Å². The summed E-state index contributed by atoms with van der Waals surface area (Å²) in [5.41, 5.74) is 1.36. The number of nitro benzene ring substituents is 1. The average Bonchev–Trinajstić information content (AvgIpc) is 3.07. The van der Waals surface area contributed by atoms with Crippen LogP contribution in [-0.4, -0.2) is 23.4 Å². The molecule has 8 heteroatoms. The minimum atomic E-state index is -0.735. The summed E-state index contributed by atoms with van der Waals surface area (Å²) >= 11 is 0. The highest BCUT2D eigenvalue weighted by atomic mass is 16.6. The SMILES string of the molecule is Cc1cc(NC(=O)COC(=O)/C=C/c2ccco2)c([N+](=O)[O-])cc1C. The molecule has 2 rings (SSSR count). The number of aryl methyl sites for hydroxylation is 2. The second-order valence-corrected chi connectivity index (χ2v) is 5.22. The largest absolute Gasteiger partial charge is 0.465 e. The fourth-order valence-corrected chi connectivity index (χ4v) is 1.96. The van der Waals surface area contributed by atoms with Gasteiger partial charge in [-0.05, 0) is 49.2 Å². The number of nitrogens with zero attached hydrogens (tertiary/aromatic N) is 1. The molecule has 25 heavy (non-hydrogen) atoms. The van der Waals surface area contributed by atoms with Crippen molar-refractivity contribution in [2.24, 2.45) is 0 Å². The Kier molecular flexibility index (Phi) is 5.67. The van der Waals surface area contributed by atoms with Crippen LogP contribution in [-0.2, 0) is 14.3 Å². The summed E-state index contributed by atoms with van der Waals surface area (Å²) in [6.45, 7) is 2.95. The van der Waals surface area contributed by atoms with Gasteiger partial charge in [0.25, 0.3) is 11.6 Å². The van der Waals surface area contributed by atoms with Crippen LogP contribution < -0.4 is 5.32 Å². The molecule has 1 aromatic carbocycles. The van der Waals surface area contributed by atoms with Gasteiger partial charge < -0.3 is 14.5 Å². The minimum absolute atomic E-state index is 0.0558. The van der Waals surface area contributed by atoms with Crippen molar-refractivity contribution in [3.63, 3.8) is 0 Å². The maximum absolute atomic E-state index is 11.9. The molecule has 0 aliphatic carbocycles. The molecule has 0 unspecified atom stereocenters. The van der Waals surface area contributed by atoms with E-state index in [0.717, 1.165) is 17.2 Å². The standard InChI is InChI=1S/C17H16N2O6/c1-11-8-14(15(19(22)23)9-12(11)2)18-16(20)10-25-17(21)6-5-13-4-3-7-24-13/h3-9H,10H2,1-2H3,(H,18,20)/b6-5+. The molecular formula is C17H16N2O6. The first-order chi connectivity index (χ1) is 11.9. The lowest BCUT2D eigenvalue weighted by atomic mass is 10.1. The lowest BCUT2D eigenvalue weighted by Gasteiger charge is -2.09. The summed E-state index contributed by atoms with van der Waals surface area (Å²) in [5.74, 6) is -0.945. The van der Waals surface area contributed by atoms with Crippen molar-refractivity contribution in [3.8, 4) is 0 Å². The van der Waals surface area contributed by atoms with Crippen LogP contribution in [0.4, 0.5) is 11.4 Å².